The predicted octanol–water partition coefficient (Wildman–Crippen LogP) is 3.56. The molecule has 3 aromatic rings. The third-order valence-electron chi connectivity index (χ3n) is 3.99. The van der Waals surface area contributed by atoms with Crippen molar-refractivity contribution in [1.82, 2.24) is 14.5 Å². The summed E-state index contributed by atoms with van der Waals surface area (Å²) >= 11 is 1.71. The van der Waals surface area contributed by atoms with E-state index < -0.39 is 0 Å². The monoisotopic (exact) mass is 339 g/mol. The summed E-state index contributed by atoms with van der Waals surface area (Å²) in [6, 6.07) is 18.0. The summed E-state index contributed by atoms with van der Waals surface area (Å²) in [6.07, 6.45) is 2.05. The van der Waals surface area contributed by atoms with Gasteiger partial charge in [-0.05, 0) is 24.0 Å². The molecule has 24 heavy (non-hydrogen) atoms. The summed E-state index contributed by atoms with van der Waals surface area (Å²) in [6.45, 7) is 0.934. The Balaban J connectivity index is 1.80. The molecule has 1 heterocycles. The minimum atomic E-state index is 0.0874. The number of nitrogens with zero attached hydrogens (tertiary/aromatic N) is 3. The van der Waals surface area contributed by atoms with Gasteiger partial charge in [0.25, 0.3) is 0 Å². The first-order chi connectivity index (χ1) is 11.7. The summed E-state index contributed by atoms with van der Waals surface area (Å²) in [5.74, 6) is 1.83. The molecule has 0 saturated heterocycles. The van der Waals surface area contributed by atoms with Crippen LogP contribution in [0.4, 0.5) is 0 Å². The fraction of sp³-hybridized carbons (Fsp3) is 0.263. The SMILES string of the molecule is CSCc1nc2ccccc2n1CC(=O)N(C)Cc1ccccc1. The van der Waals surface area contributed by atoms with Crippen molar-refractivity contribution in [2.75, 3.05) is 13.3 Å². The lowest BCUT2D eigenvalue weighted by Gasteiger charge is -2.18. The van der Waals surface area contributed by atoms with Gasteiger partial charge in [0, 0.05) is 13.6 Å². The lowest BCUT2D eigenvalue weighted by atomic mass is 10.2. The largest absolute Gasteiger partial charge is 0.340 e. The first-order valence-electron chi connectivity index (χ1n) is 7.90. The number of imidazole rings is 1. The molecular weight excluding hydrogens is 318 g/mol. The van der Waals surface area contributed by atoms with Crippen molar-refractivity contribution in [3.8, 4) is 0 Å². The van der Waals surface area contributed by atoms with Gasteiger partial charge < -0.3 is 9.47 Å². The molecule has 4 nitrogen and oxygen atoms in total. The van der Waals surface area contributed by atoms with E-state index in [9.17, 15) is 4.79 Å². The van der Waals surface area contributed by atoms with Crippen LogP contribution in [0.3, 0.4) is 0 Å². The molecule has 0 bridgehead atoms. The van der Waals surface area contributed by atoms with E-state index in [0.29, 0.717) is 13.1 Å². The van der Waals surface area contributed by atoms with Crippen LogP contribution < -0.4 is 0 Å². The predicted molar refractivity (Wildman–Crippen MR) is 99.9 cm³/mol. The van der Waals surface area contributed by atoms with Crippen molar-refractivity contribution in [3.63, 3.8) is 0 Å². The maximum Gasteiger partial charge on any atom is 0.242 e. The van der Waals surface area contributed by atoms with E-state index in [1.54, 1.807) is 16.7 Å². The smallest absolute Gasteiger partial charge is 0.242 e. The number of likely N-dealkylation sites (N-methyl/N-ethyl adjacent to an activating group) is 1. The molecule has 5 heteroatoms. The number of hydrogen-bond acceptors (Lipinski definition) is 3. The maximum absolute atomic E-state index is 12.7. The maximum atomic E-state index is 12.7. The molecule has 0 fully saturated rings. The van der Waals surface area contributed by atoms with Crippen molar-refractivity contribution in [2.24, 2.45) is 0 Å². The molecule has 1 amide bonds. The van der Waals surface area contributed by atoms with Crippen LogP contribution in [0, 0.1) is 0 Å². The number of thioether (sulfide) groups is 1. The molecule has 124 valence electrons. The van der Waals surface area contributed by atoms with Gasteiger partial charge in [-0.15, -0.1) is 0 Å². The van der Waals surface area contributed by atoms with Crippen LogP contribution >= 0.6 is 11.8 Å². The number of carbonyl (C=O) groups excluding carboxylic acids is 1. The van der Waals surface area contributed by atoms with E-state index in [4.69, 9.17) is 0 Å². The fourth-order valence-corrected chi connectivity index (χ4v) is 3.22. The van der Waals surface area contributed by atoms with Gasteiger partial charge in [-0.3, -0.25) is 4.79 Å². The van der Waals surface area contributed by atoms with Gasteiger partial charge in [0.15, 0.2) is 0 Å². The van der Waals surface area contributed by atoms with Crippen LogP contribution in [-0.2, 0) is 23.6 Å². The van der Waals surface area contributed by atoms with E-state index in [2.05, 4.69) is 4.98 Å². The normalized spacial score (nSPS) is 10.9. The number of hydrogen-bond donors (Lipinski definition) is 0. The highest BCUT2D eigenvalue weighted by Gasteiger charge is 2.16. The highest BCUT2D eigenvalue weighted by atomic mass is 32.2. The minimum Gasteiger partial charge on any atom is -0.340 e. The number of para-hydroxylation sites is 2. The fourth-order valence-electron chi connectivity index (χ4n) is 2.74. The zero-order valence-electron chi connectivity index (χ0n) is 14.0. The zero-order chi connectivity index (χ0) is 16.9. The molecule has 0 saturated carbocycles. The highest BCUT2D eigenvalue weighted by Crippen LogP contribution is 2.19. The first-order valence-corrected chi connectivity index (χ1v) is 9.29. The van der Waals surface area contributed by atoms with Crippen LogP contribution in [0.2, 0.25) is 0 Å². The van der Waals surface area contributed by atoms with Crippen molar-refractivity contribution in [1.29, 1.82) is 0 Å². The summed E-state index contributed by atoms with van der Waals surface area (Å²) in [5.41, 5.74) is 3.09. The third-order valence-corrected chi connectivity index (χ3v) is 4.54. The minimum absolute atomic E-state index is 0.0874. The second-order valence-corrected chi connectivity index (χ2v) is 6.64. The molecule has 0 aliphatic heterocycles. The summed E-state index contributed by atoms with van der Waals surface area (Å²) in [7, 11) is 1.85. The quantitative estimate of drug-likeness (QED) is 0.689. The molecule has 0 aliphatic rings. The van der Waals surface area contributed by atoms with Gasteiger partial charge in [-0.1, -0.05) is 42.5 Å². The molecule has 0 N–H and O–H groups in total. The van der Waals surface area contributed by atoms with Crippen LogP contribution in [0.5, 0.6) is 0 Å². The molecular formula is C19H21N3OS. The average molecular weight is 339 g/mol. The lowest BCUT2D eigenvalue weighted by molar-refractivity contribution is -0.131. The lowest BCUT2D eigenvalue weighted by Crippen LogP contribution is -2.30. The Bertz CT molecular complexity index is 829. The molecule has 0 aliphatic carbocycles. The summed E-state index contributed by atoms with van der Waals surface area (Å²) in [4.78, 5) is 19.1. The van der Waals surface area contributed by atoms with Gasteiger partial charge in [0.05, 0.1) is 16.8 Å². The van der Waals surface area contributed by atoms with Crippen molar-refractivity contribution < 1.29 is 4.79 Å². The molecule has 0 radical (unpaired) electrons. The number of benzene rings is 2. The molecule has 0 unspecified atom stereocenters. The van der Waals surface area contributed by atoms with E-state index in [1.165, 1.54) is 0 Å². The highest BCUT2D eigenvalue weighted by molar-refractivity contribution is 7.97. The van der Waals surface area contributed by atoms with Crippen LogP contribution in [0.15, 0.2) is 54.6 Å². The van der Waals surface area contributed by atoms with Crippen molar-refractivity contribution in [2.45, 2.75) is 18.8 Å². The number of amides is 1. The molecule has 0 atom stereocenters. The van der Waals surface area contributed by atoms with Crippen LogP contribution in [0.1, 0.15) is 11.4 Å². The van der Waals surface area contributed by atoms with Crippen LogP contribution in [-0.4, -0.2) is 33.7 Å². The van der Waals surface area contributed by atoms with Gasteiger partial charge >= 0.3 is 0 Å². The van der Waals surface area contributed by atoms with Gasteiger partial charge in [-0.2, -0.15) is 11.8 Å². The van der Waals surface area contributed by atoms with E-state index >= 15 is 0 Å². The second-order valence-electron chi connectivity index (χ2n) is 5.77. The zero-order valence-corrected chi connectivity index (χ0v) is 14.8. The molecule has 0 spiro atoms. The average Bonchev–Trinajstić information content (AvgIpc) is 2.94. The topological polar surface area (TPSA) is 38.1 Å². The summed E-state index contributed by atoms with van der Waals surface area (Å²) < 4.78 is 2.04. The first kappa shape index (κ1) is 16.6. The number of rotatable bonds is 6. The Morgan fingerprint density at radius 2 is 1.83 bits per heavy atom. The molecule has 1 aromatic heterocycles. The Hall–Kier alpha value is -2.27. The second kappa shape index (κ2) is 7.53. The Morgan fingerprint density at radius 1 is 1.12 bits per heavy atom. The molecule has 3 rings (SSSR count). The van der Waals surface area contributed by atoms with E-state index in [0.717, 1.165) is 28.2 Å². The van der Waals surface area contributed by atoms with E-state index in [-0.39, 0.29) is 5.91 Å². The Kier molecular flexibility index (Phi) is 5.20. The van der Waals surface area contributed by atoms with Crippen LogP contribution in [0.25, 0.3) is 11.0 Å². The van der Waals surface area contributed by atoms with E-state index in [1.807, 2.05) is 72.5 Å². The molecule has 2 aromatic carbocycles. The number of aromatic nitrogens is 2. The Morgan fingerprint density at radius 3 is 2.58 bits per heavy atom. The summed E-state index contributed by atoms with van der Waals surface area (Å²) in [5, 5.41) is 0. The number of fused-ring (bicyclic) bond motifs is 1. The van der Waals surface area contributed by atoms with Gasteiger partial charge in [0.1, 0.15) is 12.4 Å². The third kappa shape index (κ3) is 3.62. The van der Waals surface area contributed by atoms with Crippen molar-refractivity contribution >= 4 is 28.7 Å². The van der Waals surface area contributed by atoms with Crippen molar-refractivity contribution in [3.05, 3.63) is 66.0 Å². The Labute approximate surface area is 146 Å². The standard InChI is InChI=1S/C19H21N3OS/c1-21(12-15-8-4-3-5-9-15)19(23)13-22-17-11-7-6-10-16(17)20-18(22)14-24-2/h3-11H,12-14H2,1-2H3. The van der Waals surface area contributed by atoms with Gasteiger partial charge in [-0.25, -0.2) is 4.98 Å². The van der Waals surface area contributed by atoms with Gasteiger partial charge in [0.2, 0.25) is 5.91 Å². The number of carbonyl (C=O) groups is 1.